The van der Waals surface area contributed by atoms with Crippen molar-refractivity contribution in [3.8, 4) is 0 Å². The van der Waals surface area contributed by atoms with Gasteiger partial charge in [0.05, 0.1) is 18.8 Å². The van der Waals surface area contributed by atoms with Crippen LogP contribution in [0.5, 0.6) is 0 Å². The topological polar surface area (TPSA) is 130 Å². The summed E-state index contributed by atoms with van der Waals surface area (Å²) in [6.45, 7) is 2.42. The number of rotatable bonds is 8. The fourth-order valence-electron chi connectivity index (χ4n) is 4.23. The van der Waals surface area contributed by atoms with E-state index in [4.69, 9.17) is 14.9 Å². The highest BCUT2D eigenvalue weighted by atomic mass is 19.1. The minimum absolute atomic E-state index is 0.0275. The lowest BCUT2D eigenvalue weighted by molar-refractivity contribution is -0.130. The number of halogens is 2. The van der Waals surface area contributed by atoms with E-state index in [2.05, 4.69) is 9.72 Å². The van der Waals surface area contributed by atoms with Crippen LogP contribution in [0, 0.1) is 17.0 Å². The fourth-order valence-corrected chi connectivity index (χ4v) is 4.23. The normalized spacial score (nSPS) is 17.5. The molecule has 1 aromatic carbocycles. The number of cyclic esters (lactones) is 1. The molecule has 208 valence electrons. The molecule has 14 heteroatoms. The van der Waals surface area contributed by atoms with Gasteiger partial charge in [0, 0.05) is 63.3 Å². The van der Waals surface area contributed by atoms with Crippen molar-refractivity contribution in [2.24, 2.45) is 0 Å². The molecule has 1 N–H and O–H groups in total. The second kappa shape index (κ2) is 12.4. The van der Waals surface area contributed by atoms with E-state index in [1.54, 1.807) is 36.4 Å². The molecule has 0 aliphatic carbocycles. The van der Waals surface area contributed by atoms with Crippen LogP contribution in [0.3, 0.4) is 0 Å². The lowest BCUT2D eigenvalue weighted by atomic mass is 10.2. The minimum atomic E-state index is -0.904. The van der Waals surface area contributed by atoms with Crippen molar-refractivity contribution in [3.05, 3.63) is 53.9 Å². The number of nitrogens with one attached hydrogen (secondary N) is 1. The number of hydrogen-bond donors (Lipinski definition) is 1. The largest absolute Gasteiger partial charge is 0.508 e. The van der Waals surface area contributed by atoms with Gasteiger partial charge in [0.15, 0.2) is 17.7 Å². The van der Waals surface area contributed by atoms with Gasteiger partial charge in [-0.25, -0.2) is 23.4 Å². The molecule has 0 radical (unpaired) electrons. The van der Waals surface area contributed by atoms with Gasteiger partial charge in [0.2, 0.25) is 11.5 Å². The predicted octanol–water partition coefficient (Wildman–Crippen LogP) is 2.35. The first-order valence-corrected chi connectivity index (χ1v) is 12.3. The zero-order chi connectivity index (χ0) is 27.9. The van der Waals surface area contributed by atoms with Crippen LogP contribution in [-0.2, 0) is 19.0 Å². The van der Waals surface area contributed by atoms with Crippen LogP contribution >= 0.6 is 0 Å². The van der Waals surface area contributed by atoms with Crippen LogP contribution in [0.1, 0.15) is 13.3 Å². The second-order valence-corrected chi connectivity index (χ2v) is 8.68. The smallest absolute Gasteiger partial charge is 0.440 e. The quantitative estimate of drug-likeness (QED) is 0.500. The van der Waals surface area contributed by atoms with Crippen LogP contribution < -0.4 is 15.4 Å². The molecule has 1 unspecified atom stereocenters. The van der Waals surface area contributed by atoms with Gasteiger partial charge in [-0.3, -0.25) is 19.7 Å². The van der Waals surface area contributed by atoms with Crippen LogP contribution in [0.25, 0.3) is 6.20 Å². The van der Waals surface area contributed by atoms with Gasteiger partial charge in [-0.15, -0.1) is 0 Å². The molecule has 2 amide bonds. The molecule has 2 saturated heterocycles. The number of ether oxygens (including phenoxy) is 3. The molecule has 39 heavy (non-hydrogen) atoms. The number of anilines is 2. The Morgan fingerprint density at radius 3 is 2.56 bits per heavy atom. The molecule has 0 bridgehead atoms. The number of piperazine rings is 1. The zero-order valence-corrected chi connectivity index (χ0v) is 21.2. The third-order valence-corrected chi connectivity index (χ3v) is 6.12. The molecule has 2 aliphatic rings. The van der Waals surface area contributed by atoms with Gasteiger partial charge < -0.3 is 24.0 Å². The van der Waals surface area contributed by atoms with E-state index in [-0.39, 0.29) is 75.3 Å². The molecule has 2 aliphatic heterocycles. The van der Waals surface area contributed by atoms with Gasteiger partial charge >= 0.3 is 12.2 Å². The maximum atomic E-state index is 15.1. The van der Waals surface area contributed by atoms with Crippen molar-refractivity contribution >= 4 is 35.7 Å². The van der Waals surface area contributed by atoms with E-state index >= 15 is 8.78 Å². The zero-order valence-electron chi connectivity index (χ0n) is 21.2. The molecular weight excluding hydrogens is 518 g/mol. The highest BCUT2D eigenvalue weighted by molar-refractivity contribution is 5.90. The first kappa shape index (κ1) is 27.5. The fraction of sp³-hybridized carbons (Fsp3) is 0.400. The lowest BCUT2D eigenvalue weighted by Gasteiger charge is -2.36. The summed E-state index contributed by atoms with van der Waals surface area (Å²) in [5, 5.41) is 7.71. The second-order valence-electron chi connectivity index (χ2n) is 8.68. The van der Waals surface area contributed by atoms with Crippen LogP contribution in [-0.4, -0.2) is 84.6 Å². The third kappa shape index (κ3) is 6.69. The minimum Gasteiger partial charge on any atom is -0.440 e. The lowest BCUT2D eigenvalue weighted by Crippen LogP contribution is -2.49. The molecule has 12 nitrogen and oxygen atoms in total. The molecule has 1 aromatic heterocycles. The summed E-state index contributed by atoms with van der Waals surface area (Å²) in [4.78, 5) is 44.2. The maximum Gasteiger partial charge on any atom is 0.508 e. The SMILES string of the molecule is CCOC(=O)OCC1CN(c2cc(F)c(N3CCN(C(=O)C/C=C/n4cccnc4=N)CC3)c(F)c2)C(=O)O1. The Balaban J connectivity index is 1.32. The summed E-state index contributed by atoms with van der Waals surface area (Å²) >= 11 is 0. The van der Waals surface area contributed by atoms with Crippen molar-refractivity contribution in [2.75, 3.05) is 55.7 Å². The molecule has 1 atom stereocenters. The number of carbonyl (C=O) groups is 3. The van der Waals surface area contributed by atoms with Gasteiger partial charge in [0.25, 0.3) is 0 Å². The van der Waals surface area contributed by atoms with Crippen LogP contribution in [0.15, 0.2) is 36.7 Å². The number of benzene rings is 1. The number of hydrogen-bond acceptors (Lipinski definition) is 9. The first-order valence-electron chi connectivity index (χ1n) is 12.3. The van der Waals surface area contributed by atoms with E-state index in [0.29, 0.717) is 0 Å². The summed E-state index contributed by atoms with van der Waals surface area (Å²) in [5.74, 6) is -1.86. The van der Waals surface area contributed by atoms with Crippen molar-refractivity contribution in [1.29, 1.82) is 5.41 Å². The summed E-state index contributed by atoms with van der Waals surface area (Å²) in [6.07, 6.45) is 3.93. The van der Waals surface area contributed by atoms with Crippen molar-refractivity contribution in [3.63, 3.8) is 0 Å². The molecule has 2 fully saturated rings. The molecular formula is C25H28F2N6O6. The van der Waals surface area contributed by atoms with Crippen molar-refractivity contribution in [1.82, 2.24) is 14.5 Å². The first-order chi connectivity index (χ1) is 18.8. The summed E-state index contributed by atoms with van der Waals surface area (Å²) < 4.78 is 46.2. The highest BCUT2D eigenvalue weighted by Gasteiger charge is 2.35. The molecule has 0 spiro atoms. The van der Waals surface area contributed by atoms with Gasteiger partial charge in [-0.2, -0.15) is 0 Å². The highest BCUT2D eigenvalue weighted by Crippen LogP contribution is 2.31. The Bertz CT molecular complexity index is 1290. The third-order valence-electron chi connectivity index (χ3n) is 6.12. The average Bonchev–Trinajstić information content (AvgIpc) is 3.29. The van der Waals surface area contributed by atoms with Gasteiger partial charge in [-0.05, 0) is 13.0 Å². The Hall–Kier alpha value is -4.49. The summed E-state index contributed by atoms with van der Waals surface area (Å²) in [5.41, 5.74) is -0.230. The number of amides is 2. The molecule has 0 saturated carbocycles. The Kier molecular flexibility index (Phi) is 8.74. The Morgan fingerprint density at radius 1 is 1.18 bits per heavy atom. The number of aromatic nitrogens is 2. The van der Waals surface area contributed by atoms with Gasteiger partial charge in [0.1, 0.15) is 12.3 Å². The molecule has 2 aromatic rings. The monoisotopic (exact) mass is 546 g/mol. The van der Waals surface area contributed by atoms with E-state index in [1.165, 1.54) is 15.7 Å². The summed E-state index contributed by atoms with van der Waals surface area (Å²) in [7, 11) is 0. The maximum absolute atomic E-state index is 15.1. The predicted molar refractivity (Wildman–Crippen MR) is 134 cm³/mol. The number of nitrogens with zero attached hydrogens (tertiary/aromatic N) is 5. The van der Waals surface area contributed by atoms with Crippen LogP contribution in [0.4, 0.5) is 29.7 Å². The van der Waals surface area contributed by atoms with Gasteiger partial charge in [-0.1, -0.05) is 6.08 Å². The van der Waals surface area contributed by atoms with E-state index in [9.17, 15) is 14.4 Å². The summed E-state index contributed by atoms with van der Waals surface area (Å²) in [6, 6.07) is 3.77. The van der Waals surface area contributed by atoms with Crippen molar-refractivity contribution in [2.45, 2.75) is 19.4 Å². The van der Waals surface area contributed by atoms with Crippen LogP contribution in [0.2, 0.25) is 0 Å². The van der Waals surface area contributed by atoms with Crippen molar-refractivity contribution < 1.29 is 37.4 Å². The number of carbonyl (C=O) groups excluding carboxylic acids is 3. The van der Waals surface area contributed by atoms with E-state index in [0.717, 1.165) is 17.0 Å². The Morgan fingerprint density at radius 2 is 1.90 bits per heavy atom. The molecule has 3 heterocycles. The van der Waals surface area contributed by atoms with E-state index in [1.807, 2.05) is 0 Å². The standard InChI is InChI=1S/C25H28F2N6O6/c1-2-37-25(36)38-16-18-15-33(24(35)39-18)17-13-19(26)22(20(27)14-17)31-11-9-30(10-12-31)21(34)5-3-7-32-8-4-6-29-23(32)28/h3-4,6-8,13-14,18,28H,2,5,9-12,15-16H2,1H3/b7-3+,28-23?. The molecule has 4 rings (SSSR count). The Labute approximate surface area is 222 Å². The average molecular weight is 547 g/mol. The van der Waals surface area contributed by atoms with E-state index < -0.39 is 30.0 Å².